The standard InChI is InChI=1S/C31H40N8O2/c1-6-33-29-25(21-34-31(37-29)36-26-16-13-24(20-32)14-17-26)15-12-23-9-7-10-27(19-23)35-30(41)22(2)39(5)28(40)11-8-18-38(3)4/h8,11,13-14,16-17,21-23,27H,6-7,9-10,18-19H2,1-5H3,(H,35,41)(H2,33,34,36,37)/b11-8+/t22-,23-,27-/m0/s1. The van der Waals surface area contributed by atoms with Crippen LogP contribution in [0.15, 0.2) is 42.6 Å². The SMILES string of the molecule is CCNc1nc(Nc2ccc(C#N)cc2)ncc1C#C[C@@H]1CCC[C@H](NC(=O)[C@H](C)N(C)C(=O)/C=C/CN(C)C)C1. The molecule has 3 atom stereocenters. The van der Waals surface area contributed by atoms with Crippen molar-refractivity contribution in [3.63, 3.8) is 0 Å². The van der Waals surface area contributed by atoms with Crippen molar-refractivity contribution in [2.45, 2.75) is 51.6 Å². The van der Waals surface area contributed by atoms with Gasteiger partial charge in [0.1, 0.15) is 11.9 Å². The van der Waals surface area contributed by atoms with Crippen LogP contribution in [0.4, 0.5) is 17.5 Å². The number of hydrogen-bond donors (Lipinski definition) is 3. The first-order chi connectivity index (χ1) is 19.7. The molecule has 2 aromatic rings. The van der Waals surface area contributed by atoms with Crippen LogP contribution < -0.4 is 16.0 Å². The minimum absolute atomic E-state index is 0.00858. The van der Waals surface area contributed by atoms with Crippen LogP contribution in [0.5, 0.6) is 0 Å². The van der Waals surface area contributed by atoms with Gasteiger partial charge >= 0.3 is 0 Å². The van der Waals surface area contributed by atoms with Gasteiger partial charge in [0.05, 0.1) is 23.4 Å². The number of anilines is 3. The van der Waals surface area contributed by atoms with Crippen LogP contribution in [0.1, 0.15) is 50.7 Å². The Morgan fingerprint density at radius 2 is 1.95 bits per heavy atom. The number of nitrogens with zero attached hydrogens (tertiary/aromatic N) is 5. The number of benzene rings is 1. The van der Waals surface area contributed by atoms with Crippen molar-refractivity contribution in [2.24, 2.45) is 5.92 Å². The molecule has 1 aromatic heterocycles. The maximum atomic E-state index is 12.9. The Morgan fingerprint density at radius 3 is 2.63 bits per heavy atom. The highest BCUT2D eigenvalue weighted by Crippen LogP contribution is 2.25. The highest BCUT2D eigenvalue weighted by Gasteiger charge is 2.26. The average Bonchev–Trinajstić information content (AvgIpc) is 2.96. The van der Waals surface area contributed by atoms with Crippen LogP contribution in [0.25, 0.3) is 0 Å². The van der Waals surface area contributed by atoms with Gasteiger partial charge in [0.2, 0.25) is 17.8 Å². The molecule has 1 heterocycles. The van der Waals surface area contributed by atoms with Gasteiger partial charge in [0.25, 0.3) is 0 Å². The van der Waals surface area contributed by atoms with Crippen LogP contribution >= 0.6 is 0 Å². The van der Waals surface area contributed by atoms with E-state index in [-0.39, 0.29) is 23.8 Å². The summed E-state index contributed by atoms with van der Waals surface area (Å²) < 4.78 is 0. The van der Waals surface area contributed by atoms with Crippen molar-refractivity contribution in [1.82, 2.24) is 25.1 Å². The number of hydrogen-bond acceptors (Lipinski definition) is 8. The molecule has 0 bridgehead atoms. The van der Waals surface area contributed by atoms with E-state index in [4.69, 9.17) is 5.26 Å². The molecule has 1 fully saturated rings. The summed E-state index contributed by atoms with van der Waals surface area (Å²) in [6.45, 7) is 5.08. The van der Waals surface area contributed by atoms with Gasteiger partial charge in [-0.1, -0.05) is 24.3 Å². The zero-order chi connectivity index (χ0) is 29.8. The van der Waals surface area contributed by atoms with Gasteiger partial charge in [-0.25, -0.2) is 4.98 Å². The van der Waals surface area contributed by atoms with Gasteiger partial charge in [0, 0.05) is 43.9 Å². The molecule has 3 rings (SSSR count). The molecule has 0 aliphatic heterocycles. The second kappa shape index (κ2) is 15.4. The molecule has 10 nitrogen and oxygen atoms in total. The molecule has 0 radical (unpaired) electrons. The molecular weight excluding hydrogens is 516 g/mol. The number of rotatable bonds is 10. The highest BCUT2D eigenvalue weighted by atomic mass is 16.2. The van der Waals surface area contributed by atoms with E-state index < -0.39 is 6.04 Å². The number of aromatic nitrogens is 2. The van der Waals surface area contributed by atoms with Crippen molar-refractivity contribution in [3.8, 4) is 17.9 Å². The van der Waals surface area contributed by atoms with E-state index in [9.17, 15) is 9.59 Å². The minimum atomic E-state index is -0.575. The maximum Gasteiger partial charge on any atom is 0.246 e. The zero-order valence-electron chi connectivity index (χ0n) is 24.6. The zero-order valence-corrected chi connectivity index (χ0v) is 24.6. The fourth-order valence-corrected chi connectivity index (χ4v) is 4.40. The predicted molar refractivity (Wildman–Crippen MR) is 161 cm³/mol. The third-order valence-corrected chi connectivity index (χ3v) is 6.87. The summed E-state index contributed by atoms with van der Waals surface area (Å²) in [6, 6.07) is 8.62. The Bertz CT molecular complexity index is 1320. The van der Waals surface area contributed by atoms with Gasteiger partial charge in [-0.05, 0) is 71.5 Å². The van der Waals surface area contributed by atoms with E-state index in [1.807, 2.05) is 25.9 Å². The van der Waals surface area contributed by atoms with E-state index in [0.29, 0.717) is 36.0 Å². The molecule has 216 valence electrons. The van der Waals surface area contributed by atoms with Crippen LogP contribution in [-0.4, -0.2) is 77.9 Å². The Kier molecular flexibility index (Phi) is 11.7. The Balaban J connectivity index is 1.61. The number of likely N-dealkylation sites (N-methyl/N-ethyl adjacent to an activating group) is 2. The summed E-state index contributed by atoms with van der Waals surface area (Å²) in [7, 11) is 5.51. The first-order valence-electron chi connectivity index (χ1n) is 14.0. The molecule has 41 heavy (non-hydrogen) atoms. The summed E-state index contributed by atoms with van der Waals surface area (Å²) in [6.07, 6.45) is 8.56. The summed E-state index contributed by atoms with van der Waals surface area (Å²) in [5, 5.41) is 18.5. The van der Waals surface area contributed by atoms with E-state index in [0.717, 1.165) is 31.4 Å². The lowest BCUT2D eigenvalue weighted by molar-refractivity contribution is -0.135. The quantitative estimate of drug-likeness (QED) is 0.300. The molecule has 1 aromatic carbocycles. The van der Waals surface area contributed by atoms with Gasteiger partial charge in [-0.3, -0.25) is 9.59 Å². The molecule has 3 N–H and O–H groups in total. The minimum Gasteiger partial charge on any atom is -0.369 e. The Hall–Kier alpha value is -4.41. The summed E-state index contributed by atoms with van der Waals surface area (Å²) in [5.74, 6) is 7.48. The van der Waals surface area contributed by atoms with Crippen molar-refractivity contribution >= 4 is 29.3 Å². The highest BCUT2D eigenvalue weighted by molar-refractivity contribution is 5.92. The lowest BCUT2D eigenvalue weighted by atomic mass is 9.86. The van der Waals surface area contributed by atoms with Crippen LogP contribution in [0.2, 0.25) is 0 Å². The van der Waals surface area contributed by atoms with Crippen LogP contribution in [0.3, 0.4) is 0 Å². The summed E-state index contributed by atoms with van der Waals surface area (Å²) in [4.78, 5) is 37.8. The summed E-state index contributed by atoms with van der Waals surface area (Å²) >= 11 is 0. The van der Waals surface area contributed by atoms with Crippen LogP contribution in [-0.2, 0) is 9.59 Å². The van der Waals surface area contributed by atoms with Gasteiger partial charge in [-0.2, -0.15) is 10.2 Å². The normalized spacial score (nSPS) is 17.2. The number of amides is 2. The smallest absolute Gasteiger partial charge is 0.246 e. The second-order valence-electron chi connectivity index (χ2n) is 10.4. The fraction of sp³-hybridized carbons (Fsp3) is 0.452. The number of carbonyl (C=O) groups is 2. The predicted octanol–water partition coefficient (Wildman–Crippen LogP) is 3.51. The Labute approximate surface area is 243 Å². The first kappa shape index (κ1) is 31.1. The number of nitriles is 1. The van der Waals surface area contributed by atoms with Crippen molar-refractivity contribution in [1.29, 1.82) is 5.26 Å². The van der Waals surface area contributed by atoms with Crippen LogP contribution in [0, 0.1) is 29.1 Å². The monoisotopic (exact) mass is 556 g/mol. The number of carbonyl (C=O) groups excluding carboxylic acids is 2. The molecule has 0 spiro atoms. The second-order valence-corrected chi connectivity index (χ2v) is 10.4. The van der Waals surface area contributed by atoms with Crippen molar-refractivity contribution in [3.05, 3.63) is 53.7 Å². The molecule has 0 unspecified atom stereocenters. The van der Waals surface area contributed by atoms with Gasteiger partial charge < -0.3 is 25.8 Å². The average molecular weight is 557 g/mol. The number of nitrogens with one attached hydrogen (secondary N) is 3. The Morgan fingerprint density at radius 1 is 1.20 bits per heavy atom. The molecule has 1 aliphatic rings. The fourth-order valence-electron chi connectivity index (χ4n) is 4.40. The lowest BCUT2D eigenvalue weighted by Crippen LogP contribution is -2.49. The molecular formula is C31H40N8O2. The van der Waals surface area contributed by atoms with E-state index in [2.05, 4.69) is 43.8 Å². The van der Waals surface area contributed by atoms with Gasteiger partial charge in [0.15, 0.2) is 0 Å². The molecule has 10 heteroatoms. The maximum absolute atomic E-state index is 12.9. The summed E-state index contributed by atoms with van der Waals surface area (Å²) in [5.41, 5.74) is 2.08. The molecule has 1 aliphatic carbocycles. The first-order valence-corrected chi connectivity index (χ1v) is 14.0. The van der Waals surface area contributed by atoms with E-state index in [1.165, 1.54) is 11.0 Å². The third kappa shape index (κ3) is 9.63. The lowest BCUT2D eigenvalue weighted by Gasteiger charge is -2.30. The molecule has 1 saturated carbocycles. The largest absolute Gasteiger partial charge is 0.369 e. The molecule has 0 saturated heterocycles. The topological polar surface area (TPSA) is 126 Å². The van der Waals surface area contributed by atoms with E-state index in [1.54, 1.807) is 50.5 Å². The van der Waals surface area contributed by atoms with E-state index >= 15 is 0 Å². The van der Waals surface area contributed by atoms with Crippen molar-refractivity contribution in [2.75, 3.05) is 44.9 Å². The third-order valence-electron chi connectivity index (χ3n) is 6.87. The molecule has 2 amide bonds. The van der Waals surface area contributed by atoms with Crippen molar-refractivity contribution < 1.29 is 9.59 Å². The van der Waals surface area contributed by atoms with Gasteiger partial charge in [-0.15, -0.1) is 0 Å².